The number of hydrogen-bond acceptors (Lipinski definition) is 3. The van der Waals surface area contributed by atoms with E-state index in [0.29, 0.717) is 11.3 Å². The zero-order valence-electron chi connectivity index (χ0n) is 9.34. The van der Waals surface area contributed by atoms with Gasteiger partial charge in [-0.1, -0.05) is 25.1 Å². The molecule has 0 heterocycles. The Morgan fingerprint density at radius 1 is 1.20 bits per heavy atom. The van der Waals surface area contributed by atoms with Crippen LogP contribution < -0.4 is 0 Å². The minimum atomic E-state index is -3.22. The van der Waals surface area contributed by atoms with E-state index in [1.165, 1.54) is 0 Å². The lowest BCUT2D eigenvalue weighted by atomic mass is 10.4. The second-order valence-corrected chi connectivity index (χ2v) is 5.79. The Morgan fingerprint density at radius 2 is 1.73 bits per heavy atom. The first kappa shape index (κ1) is 12.2. The summed E-state index contributed by atoms with van der Waals surface area (Å²) in [4.78, 5) is 2.13. The minimum absolute atomic E-state index is 0.394. The molecule has 1 rings (SSSR count). The van der Waals surface area contributed by atoms with Gasteiger partial charge in [0.25, 0.3) is 0 Å². The molecule has 0 aliphatic carbocycles. The van der Waals surface area contributed by atoms with Crippen LogP contribution in [0.1, 0.15) is 13.3 Å². The van der Waals surface area contributed by atoms with E-state index in [2.05, 4.69) is 0 Å². The van der Waals surface area contributed by atoms with Crippen LogP contribution in [0, 0.1) is 0 Å². The number of sulfone groups is 1. The smallest absolute Gasteiger partial charge is 0.194 e. The Morgan fingerprint density at radius 3 is 2.13 bits per heavy atom. The lowest BCUT2D eigenvalue weighted by molar-refractivity contribution is 0.356. The summed E-state index contributed by atoms with van der Waals surface area (Å²) in [7, 11) is 0.348. The van der Waals surface area contributed by atoms with Gasteiger partial charge < -0.3 is 0 Å². The van der Waals surface area contributed by atoms with Crippen LogP contribution in [-0.2, 0) is 9.84 Å². The molecule has 0 radical (unpaired) electrons. The Bertz CT molecular complexity index is 398. The van der Waals surface area contributed by atoms with Gasteiger partial charge in [0.1, 0.15) is 5.37 Å². The molecule has 0 aromatic heterocycles. The largest absolute Gasteiger partial charge is 0.293 e. The van der Waals surface area contributed by atoms with Crippen molar-refractivity contribution in [3.8, 4) is 0 Å². The van der Waals surface area contributed by atoms with Crippen LogP contribution in [0.4, 0.5) is 0 Å². The summed E-state index contributed by atoms with van der Waals surface area (Å²) in [6.07, 6.45) is 0.588. The molecule has 0 saturated heterocycles. The summed E-state index contributed by atoms with van der Waals surface area (Å²) >= 11 is 0. The molecule has 1 unspecified atom stereocenters. The molecule has 0 fully saturated rings. The molecule has 1 atom stereocenters. The van der Waals surface area contributed by atoms with E-state index in [-0.39, 0.29) is 0 Å². The molecular formula is C11H17NO2S. The van der Waals surface area contributed by atoms with Gasteiger partial charge >= 0.3 is 0 Å². The standard InChI is InChI=1S/C11H17NO2S/c1-4-11(12(2)3)15(13,14)10-8-6-5-7-9-10/h5-9,11H,4H2,1-3H3. The highest BCUT2D eigenvalue weighted by Gasteiger charge is 2.27. The van der Waals surface area contributed by atoms with Crippen molar-refractivity contribution < 1.29 is 8.42 Å². The molecule has 84 valence electrons. The second kappa shape index (κ2) is 4.77. The third kappa shape index (κ3) is 2.58. The molecular weight excluding hydrogens is 210 g/mol. The molecule has 1 aromatic carbocycles. The number of nitrogens with zero attached hydrogens (tertiary/aromatic N) is 1. The van der Waals surface area contributed by atoms with Crippen LogP contribution in [-0.4, -0.2) is 32.8 Å². The molecule has 0 N–H and O–H groups in total. The maximum absolute atomic E-state index is 12.2. The van der Waals surface area contributed by atoms with Gasteiger partial charge in [0.05, 0.1) is 4.90 Å². The van der Waals surface area contributed by atoms with Crippen LogP contribution >= 0.6 is 0 Å². The number of hydrogen-bond donors (Lipinski definition) is 0. The topological polar surface area (TPSA) is 37.4 Å². The summed E-state index contributed by atoms with van der Waals surface area (Å²) in [6, 6.07) is 8.59. The van der Waals surface area contributed by atoms with Crippen molar-refractivity contribution >= 4 is 9.84 Å². The third-order valence-corrected chi connectivity index (χ3v) is 4.76. The number of benzene rings is 1. The Kier molecular flexibility index (Phi) is 3.88. The zero-order valence-corrected chi connectivity index (χ0v) is 10.2. The van der Waals surface area contributed by atoms with Gasteiger partial charge in [0.2, 0.25) is 0 Å². The van der Waals surface area contributed by atoms with E-state index in [9.17, 15) is 8.42 Å². The molecule has 0 amide bonds. The fraction of sp³-hybridized carbons (Fsp3) is 0.455. The lowest BCUT2D eigenvalue weighted by Gasteiger charge is -2.22. The first-order chi connectivity index (χ1) is 7.00. The average molecular weight is 227 g/mol. The second-order valence-electron chi connectivity index (χ2n) is 3.68. The summed E-state index contributed by atoms with van der Waals surface area (Å²) in [5.41, 5.74) is 0. The summed E-state index contributed by atoms with van der Waals surface area (Å²) in [5.74, 6) is 0. The first-order valence-corrected chi connectivity index (χ1v) is 6.50. The van der Waals surface area contributed by atoms with E-state index in [0.717, 1.165) is 0 Å². The average Bonchev–Trinajstić information content (AvgIpc) is 2.19. The van der Waals surface area contributed by atoms with E-state index < -0.39 is 15.2 Å². The van der Waals surface area contributed by atoms with Crippen molar-refractivity contribution in [2.45, 2.75) is 23.6 Å². The van der Waals surface area contributed by atoms with Crippen LogP contribution in [0.2, 0.25) is 0 Å². The SMILES string of the molecule is CCC(N(C)C)S(=O)(=O)c1ccccc1. The van der Waals surface area contributed by atoms with E-state index >= 15 is 0 Å². The molecule has 15 heavy (non-hydrogen) atoms. The quantitative estimate of drug-likeness (QED) is 0.786. The monoisotopic (exact) mass is 227 g/mol. The highest BCUT2D eigenvalue weighted by molar-refractivity contribution is 7.92. The maximum Gasteiger partial charge on any atom is 0.194 e. The van der Waals surface area contributed by atoms with E-state index in [4.69, 9.17) is 0 Å². The van der Waals surface area contributed by atoms with Gasteiger partial charge in [-0.05, 0) is 32.6 Å². The predicted octanol–water partition coefficient (Wildman–Crippen LogP) is 1.76. The molecule has 0 saturated carbocycles. The van der Waals surface area contributed by atoms with E-state index in [1.807, 2.05) is 13.0 Å². The molecule has 3 nitrogen and oxygen atoms in total. The number of rotatable bonds is 4. The minimum Gasteiger partial charge on any atom is -0.293 e. The van der Waals surface area contributed by atoms with Crippen molar-refractivity contribution in [2.75, 3.05) is 14.1 Å². The van der Waals surface area contributed by atoms with Crippen LogP contribution in [0.25, 0.3) is 0 Å². The predicted molar refractivity (Wildman–Crippen MR) is 61.4 cm³/mol. The van der Waals surface area contributed by atoms with Crippen molar-refractivity contribution in [3.05, 3.63) is 30.3 Å². The van der Waals surface area contributed by atoms with Crippen molar-refractivity contribution in [2.24, 2.45) is 0 Å². The van der Waals surface area contributed by atoms with E-state index in [1.54, 1.807) is 43.3 Å². The Balaban J connectivity index is 3.13. The third-order valence-electron chi connectivity index (χ3n) is 2.36. The summed E-state index contributed by atoms with van der Waals surface area (Å²) in [6.45, 7) is 1.88. The fourth-order valence-electron chi connectivity index (χ4n) is 1.63. The zero-order chi connectivity index (χ0) is 11.5. The molecule has 0 bridgehead atoms. The summed E-state index contributed by atoms with van der Waals surface area (Å²) in [5, 5.41) is -0.445. The van der Waals surface area contributed by atoms with Crippen LogP contribution in [0.5, 0.6) is 0 Å². The first-order valence-electron chi connectivity index (χ1n) is 4.95. The Labute approximate surface area is 91.6 Å². The Hall–Kier alpha value is -0.870. The highest BCUT2D eigenvalue weighted by atomic mass is 32.2. The molecule has 0 aliphatic rings. The van der Waals surface area contributed by atoms with Gasteiger partial charge in [-0.2, -0.15) is 0 Å². The van der Waals surface area contributed by atoms with Crippen LogP contribution in [0.15, 0.2) is 35.2 Å². The fourth-order valence-corrected chi connectivity index (χ4v) is 3.47. The van der Waals surface area contributed by atoms with Crippen molar-refractivity contribution in [1.82, 2.24) is 4.90 Å². The van der Waals surface area contributed by atoms with Gasteiger partial charge in [-0.3, -0.25) is 4.90 Å². The summed E-state index contributed by atoms with van der Waals surface area (Å²) < 4.78 is 24.3. The normalized spacial score (nSPS) is 14.1. The molecule has 0 aliphatic heterocycles. The highest BCUT2D eigenvalue weighted by Crippen LogP contribution is 2.19. The van der Waals surface area contributed by atoms with Gasteiger partial charge in [-0.25, -0.2) is 8.42 Å². The van der Waals surface area contributed by atoms with Crippen molar-refractivity contribution in [1.29, 1.82) is 0 Å². The van der Waals surface area contributed by atoms with Crippen LogP contribution in [0.3, 0.4) is 0 Å². The molecule has 1 aromatic rings. The van der Waals surface area contributed by atoms with Gasteiger partial charge in [0.15, 0.2) is 9.84 Å². The van der Waals surface area contributed by atoms with Gasteiger partial charge in [0, 0.05) is 0 Å². The molecule has 0 spiro atoms. The maximum atomic E-state index is 12.2. The lowest BCUT2D eigenvalue weighted by Crippen LogP contribution is -2.35. The molecule has 4 heteroatoms. The van der Waals surface area contributed by atoms with Crippen molar-refractivity contribution in [3.63, 3.8) is 0 Å². The van der Waals surface area contributed by atoms with Gasteiger partial charge in [-0.15, -0.1) is 0 Å².